The average molecular weight is 483 g/mol. The van der Waals surface area contributed by atoms with Gasteiger partial charge in [0.15, 0.2) is 12.4 Å². The number of hydrogen-bond donors (Lipinski definition) is 1. The number of anilines is 1. The zero-order valence-corrected chi connectivity index (χ0v) is 18.6. The van der Waals surface area contributed by atoms with E-state index in [2.05, 4.69) is 4.72 Å². The molecule has 34 heavy (non-hydrogen) atoms. The van der Waals surface area contributed by atoms with Gasteiger partial charge in [-0.2, -0.15) is 0 Å². The number of benzene rings is 3. The van der Waals surface area contributed by atoms with Crippen LogP contribution in [0.1, 0.15) is 20.9 Å². The zero-order chi connectivity index (χ0) is 24.3. The summed E-state index contributed by atoms with van der Waals surface area (Å²) in [6, 6.07) is 17.4. The molecule has 3 aromatic carbocycles. The molecule has 0 bridgehead atoms. The Hall–Kier alpha value is -4.18. The number of sulfonamides is 1. The SMILES string of the molecule is COc1ccccc1NS(=O)(=O)c1cc(C(=O)OCC(=O)c2cc3ccccc3o2)ccc1F. The molecule has 10 heteroatoms. The van der Waals surface area contributed by atoms with Crippen LogP contribution < -0.4 is 9.46 Å². The molecule has 4 aromatic rings. The van der Waals surface area contributed by atoms with Gasteiger partial charge in [-0.3, -0.25) is 9.52 Å². The van der Waals surface area contributed by atoms with Crippen LogP contribution >= 0.6 is 0 Å². The largest absolute Gasteiger partial charge is 0.495 e. The van der Waals surface area contributed by atoms with Crippen LogP contribution in [-0.2, 0) is 14.8 Å². The predicted molar refractivity (Wildman–Crippen MR) is 121 cm³/mol. The van der Waals surface area contributed by atoms with Gasteiger partial charge in [0.25, 0.3) is 10.0 Å². The fourth-order valence-electron chi connectivity index (χ4n) is 3.17. The Morgan fingerprint density at radius 3 is 2.50 bits per heavy atom. The summed E-state index contributed by atoms with van der Waals surface area (Å²) in [5.74, 6) is -2.42. The van der Waals surface area contributed by atoms with Crippen LogP contribution in [0.25, 0.3) is 11.0 Å². The molecule has 0 fully saturated rings. The monoisotopic (exact) mass is 483 g/mol. The van der Waals surface area contributed by atoms with Gasteiger partial charge in [0.05, 0.1) is 18.4 Å². The second-order valence-corrected chi connectivity index (χ2v) is 8.75. The van der Waals surface area contributed by atoms with Crippen molar-refractivity contribution in [1.82, 2.24) is 0 Å². The van der Waals surface area contributed by atoms with E-state index in [0.717, 1.165) is 18.2 Å². The number of Topliss-reactive ketones (excluding diaryl/α,β-unsaturated/α-hetero) is 1. The van der Waals surface area contributed by atoms with Crippen LogP contribution in [0.3, 0.4) is 0 Å². The number of furan rings is 1. The lowest BCUT2D eigenvalue weighted by molar-refractivity contribution is 0.0468. The van der Waals surface area contributed by atoms with E-state index in [0.29, 0.717) is 11.0 Å². The first kappa shape index (κ1) is 23.0. The van der Waals surface area contributed by atoms with Crippen LogP contribution in [0.2, 0.25) is 0 Å². The van der Waals surface area contributed by atoms with Crippen LogP contribution in [-0.4, -0.2) is 33.9 Å². The summed E-state index contributed by atoms with van der Waals surface area (Å²) in [4.78, 5) is 24.0. The highest BCUT2D eigenvalue weighted by Gasteiger charge is 2.24. The maximum atomic E-state index is 14.4. The van der Waals surface area contributed by atoms with Crippen molar-refractivity contribution in [2.24, 2.45) is 0 Å². The van der Waals surface area contributed by atoms with Gasteiger partial charge in [0.2, 0.25) is 5.78 Å². The topological polar surface area (TPSA) is 112 Å². The van der Waals surface area contributed by atoms with Crippen molar-refractivity contribution in [3.8, 4) is 5.75 Å². The summed E-state index contributed by atoms with van der Waals surface area (Å²) in [7, 11) is -3.06. The molecule has 0 radical (unpaired) electrons. The highest BCUT2D eigenvalue weighted by Crippen LogP contribution is 2.27. The van der Waals surface area contributed by atoms with Gasteiger partial charge < -0.3 is 13.9 Å². The third-order valence-corrected chi connectivity index (χ3v) is 6.22. The normalized spacial score (nSPS) is 11.2. The lowest BCUT2D eigenvalue weighted by Gasteiger charge is -2.13. The number of rotatable bonds is 8. The Balaban J connectivity index is 1.50. The van der Waals surface area contributed by atoms with E-state index in [9.17, 15) is 22.4 Å². The highest BCUT2D eigenvalue weighted by molar-refractivity contribution is 7.92. The van der Waals surface area contributed by atoms with E-state index >= 15 is 0 Å². The molecule has 1 heterocycles. The molecule has 0 atom stereocenters. The summed E-state index contributed by atoms with van der Waals surface area (Å²) in [5.41, 5.74) is 0.348. The van der Waals surface area contributed by atoms with Gasteiger partial charge >= 0.3 is 5.97 Å². The number of methoxy groups -OCH3 is 1. The van der Waals surface area contributed by atoms with Crippen molar-refractivity contribution in [1.29, 1.82) is 0 Å². The summed E-state index contributed by atoms with van der Waals surface area (Å²) in [6.45, 7) is -0.641. The molecule has 0 aliphatic carbocycles. The molecule has 0 aliphatic rings. The molecule has 0 unspecified atom stereocenters. The lowest BCUT2D eigenvalue weighted by Crippen LogP contribution is -2.17. The van der Waals surface area contributed by atoms with Crippen molar-refractivity contribution in [3.05, 3.63) is 89.9 Å². The number of carbonyl (C=O) groups excluding carboxylic acids is 2. The molecular weight excluding hydrogens is 465 g/mol. The second kappa shape index (κ2) is 9.36. The third-order valence-electron chi connectivity index (χ3n) is 4.84. The summed E-state index contributed by atoms with van der Waals surface area (Å²) < 4.78 is 57.7. The summed E-state index contributed by atoms with van der Waals surface area (Å²) in [5, 5.41) is 0.716. The number of hydrogen-bond acceptors (Lipinski definition) is 7. The van der Waals surface area contributed by atoms with Gasteiger partial charge in [-0.15, -0.1) is 0 Å². The van der Waals surface area contributed by atoms with Crippen LogP contribution in [0.5, 0.6) is 5.75 Å². The Morgan fingerprint density at radius 1 is 1.00 bits per heavy atom. The minimum Gasteiger partial charge on any atom is -0.495 e. The van der Waals surface area contributed by atoms with E-state index in [1.807, 2.05) is 0 Å². The molecule has 4 rings (SSSR count). The second-order valence-electron chi connectivity index (χ2n) is 7.10. The lowest BCUT2D eigenvalue weighted by atomic mass is 10.2. The van der Waals surface area contributed by atoms with Crippen molar-refractivity contribution < 1.29 is 36.3 Å². The van der Waals surface area contributed by atoms with E-state index in [1.54, 1.807) is 36.4 Å². The summed E-state index contributed by atoms with van der Waals surface area (Å²) in [6.07, 6.45) is 0. The molecule has 0 saturated heterocycles. The van der Waals surface area contributed by atoms with Gasteiger partial charge in [-0.1, -0.05) is 30.3 Å². The van der Waals surface area contributed by atoms with Crippen molar-refractivity contribution in [3.63, 3.8) is 0 Å². The maximum Gasteiger partial charge on any atom is 0.338 e. The highest BCUT2D eigenvalue weighted by atomic mass is 32.2. The predicted octanol–water partition coefficient (Wildman–Crippen LogP) is 4.42. The maximum absolute atomic E-state index is 14.4. The molecule has 174 valence electrons. The van der Waals surface area contributed by atoms with E-state index < -0.39 is 39.1 Å². The number of para-hydroxylation sites is 3. The van der Waals surface area contributed by atoms with E-state index in [1.165, 1.54) is 25.3 Å². The van der Waals surface area contributed by atoms with E-state index in [-0.39, 0.29) is 22.8 Å². The number of fused-ring (bicyclic) bond motifs is 1. The van der Waals surface area contributed by atoms with Gasteiger partial charge in [0.1, 0.15) is 22.0 Å². The van der Waals surface area contributed by atoms with Crippen molar-refractivity contribution in [2.75, 3.05) is 18.4 Å². The first-order valence-corrected chi connectivity index (χ1v) is 11.4. The van der Waals surface area contributed by atoms with Crippen molar-refractivity contribution in [2.45, 2.75) is 4.90 Å². The standard InChI is InChI=1S/C24H18FNO7S/c1-31-21-9-5-3-7-18(21)26-34(29,30)23-13-16(10-11-17(23)25)24(28)32-14-19(27)22-12-15-6-2-4-8-20(15)33-22/h2-13,26H,14H2,1H3. The number of halogens is 1. The van der Waals surface area contributed by atoms with Gasteiger partial charge in [-0.25, -0.2) is 17.6 Å². The van der Waals surface area contributed by atoms with Gasteiger partial charge in [0, 0.05) is 5.39 Å². The van der Waals surface area contributed by atoms with Crippen molar-refractivity contribution >= 4 is 38.4 Å². The molecule has 1 N–H and O–H groups in total. The number of carbonyl (C=O) groups is 2. The van der Waals surface area contributed by atoms with E-state index in [4.69, 9.17) is 13.9 Å². The number of esters is 1. The fourth-order valence-corrected chi connectivity index (χ4v) is 4.34. The first-order chi connectivity index (χ1) is 16.3. The average Bonchev–Trinajstić information content (AvgIpc) is 3.27. The van der Waals surface area contributed by atoms with Crippen LogP contribution in [0, 0.1) is 5.82 Å². The Kier molecular flexibility index (Phi) is 6.33. The molecule has 0 spiro atoms. The number of nitrogens with one attached hydrogen (secondary N) is 1. The Bertz CT molecular complexity index is 1460. The Morgan fingerprint density at radius 2 is 1.74 bits per heavy atom. The van der Waals surface area contributed by atoms with Crippen LogP contribution in [0.15, 0.2) is 82.1 Å². The molecule has 0 saturated carbocycles. The smallest absolute Gasteiger partial charge is 0.338 e. The quantitative estimate of drug-likeness (QED) is 0.292. The Labute approximate surface area is 194 Å². The molecule has 0 amide bonds. The third kappa shape index (κ3) is 4.76. The zero-order valence-electron chi connectivity index (χ0n) is 17.8. The first-order valence-electron chi connectivity index (χ1n) is 9.93. The number of ether oxygens (including phenoxy) is 2. The molecule has 8 nitrogen and oxygen atoms in total. The fraction of sp³-hybridized carbons (Fsp3) is 0.0833. The van der Waals surface area contributed by atoms with Crippen LogP contribution in [0.4, 0.5) is 10.1 Å². The minimum atomic E-state index is -4.42. The molecular formula is C24H18FNO7S. The number of ketones is 1. The minimum absolute atomic E-state index is 0.0115. The molecule has 0 aliphatic heterocycles. The van der Waals surface area contributed by atoms with Gasteiger partial charge in [-0.05, 0) is 42.5 Å². The molecule has 1 aromatic heterocycles. The summed E-state index contributed by atoms with van der Waals surface area (Å²) >= 11 is 0.